The zero-order valence-corrected chi connectivity index (χ0v) is 20.2. The lowest BCUT2D eigenvalue weighted by atomic mass is 9.98. The smallest absolute Gasteiger partial charge is 0.407 e. The van der Waals surface area contributed by atoms with Crippen LogP contribution in [0.1, 0.15) is 29.0 Å². The molecule has 0 aromatic heterocycles. The van der Waals surface area contributed by atoms with Crippen LogP contribution in [0.4, 0.5) is 4.79 Å². The Kier molecular flexibility index (Phi) is 7.18. The molecule has 1 aliphatic heterocycles. The minimum atomic E-state index is -1.13. The number of likely N-dealkylation sites (tertiary alicyclic amines) is 1. The average molecular weight is 501 g/mol. The van der Waals surface area contributed by atoms with E-state index in [-0.39, 0.29) is 38.6 Å². The molecule has 3 aromatic rings. The summed E-state index contributed by atoms with van der Waals surface area (Å²) in [6.07, 6.45) is -1.89. The van der Waals surface area contributed by atoms with Gasteiger partial charge in [-0.15, -0.1) is 0 Å². The van der Waals surface area contributed by atoms with Gasteiger partial charge in [-0.2, -0.15) is 0 Å². The first kappa shape index (κ1) is 24.5. The number of nitrogens with one attached hydrogen (secondary N) is 1. The van der Waals surface area contributed by atoms with Crippen LogP contribution in [0.15, 0.2) is 78.9 Å². The molecule has 0 spiro atoms. The highest BCUT2D eigenvalue weighted by Crippen LogP contribution is 2.44. The quantitative estimate of drug-likeness (QED) is 0.460. The fourth-order valence-corrected chi connectivity index (χ4v) is 4.95. The molecule has 2 amide bonds. The molecular weight excluding hydrogens is 472 g/mol. The van der Waals surface area contributed by atoms with Crippen molar-refractivity contribution in [1.29, 1.82) is 0 Å². The molecule has 190 valence electrons. The van der Waals surface area contributed by atoms with E-state index in [1.165, 1.54) is 4.90 Å². The van der Waals surface area contributed by atoms with Gasteiger partial charge in [-0.05, 0) is 27.8 Å². The molecule has 0 saturated carbocycles. The fourth-order valence-electron chi connectivity index (χ4n) is 4.95. The van der Waals surface area contributed by atoms with Gasteiger partial charge in [0.1, 0.15) is 25.4 Å². The highest BCUT2D eigenvalue weighted by atomic mass is 16.5. The van der Waals surface area contributed by atoms with Crippen LogP contribution < -0.4 is 5.32 Å². The summed E-state index contributed by atoms with van der Waals surface area (Å²) < 4.78 is 10.7. The van der Waals surface area contributed by atoms with Crippen LogP contribution in [-0.4, -0.2) is 59.8 Å². The molecule has 0 radical (unpaired) electrons. The van der Waals surface area contributed by atoms with Crippen molar-refractivity contribution in [1.82, 2.24) is 10.2 Å². The lowest BCUT2D eigenvalue weighted by molar-refractivity contribution is -0.145. The van der Waals surface area contributed by atoms with Crippen LogP contribution >= 0.6 is 0 Å². The number of amides is 2. The number of ether oxygens (including phenoxy) is 2. The van der Waals surface area contributed by atoms with Crippen molar-refractivity contribution in [3.8, 4) is 11.1 Å². The second-order valence-electron chi connectivity index (χ2n) is 9.20. The zero-order valence-electron chi connectivity index (χ0n) is 20.2. The Morgan fingerprint density at radius 3 is 2.19 bits per heavy atom. The minimum absolute atomic E-state index is 0.0110. The SMILES string of the molecule is O=C(CCN1CC(O)C(NC(=O)OCC2c3ccccc3-c3ccccc32)C1=O)OCc1ccccc1. The molecule has 1 fully saturated rings. The standard InChI is InChI=1S/C29H28N2O6/c32-25-16-31(15-14-26(33)36-17-19-8-2-1-3-9-19)28(34)27(25)30-29(35)37-18-24-22-12-6-4-10-20(22)21-11-5-7-13-23(21)24/h1-13,24-25,27,32H,14-18H2,(H,30,35). The number of nitrogens with zero attached hydrogens (tertiary/aromatic N) is 1. The third-order valence-electron chi connectivity index (χ3n) is 6.82. The van der Waals surface area contributed by atoms with Gasteiger partial charge in [-0.1, -0.05) is 78.9 Å². The van der Waals surface area contributed by atoms with Gasteiger partial charge in [0.05, 0.1) is 6.42 Å². The van der Waals surface area contributed by atoms with E-state index in [0.717, 1.165) is 27.8 Å². The average Bonchev–Trinajstić information content (AvgIpc) is 3.39. The molecule has 1 aliphatic carbocycles. The Labute approximate surface area is 214 Å². The molecule has 0 bridgehead atoms. The first-order chi connectivity index (χ1) is 18.0. The number of hydrogen-bond donors (Lipinski definition) is 2. The number of benzene rings is 3. The van der Waals surface area contributed by atoms with Crippen LogP contribution in [0, 0.1) is 0 Å². The maximum absolute atomic E-state index is 12.8. The maximum Gasteiger partial charge on any atom is 0.407 e. The van der Waals surface area contributed by atoms with Crippen LogP contribution in [0.3, 0.4) is 0 Å². The van der Waals surface area contributed by atoms with Gasteiger partial charge in [0.15, 0.2) is 0 Å². The van der Waals surface area contributed by atoms with E-state index in [9.17, 15) is 19.5 Å². The van der Waals surface area contributed by atoms with Gasteiger partial charge in [-0.3, -0.25) is 9.59 Å². The first-order valence-electron chi connectivity index (χ1n) is 12.3. The topological polar surface area (TPSA) is 105 Å². The number of carbonyl (C=O) groups is 3. The summed E-state index contributed by atoms with van der Waals surface area (Å²) in [7, 11) is 0. The van der Waals surface area contributed by atoms with Crippen molar-refractivity contribution in [3.63, 3.8) is 0 Å². The summed E-state index contributed by atoms with van der Waals surface area (Å²) in [5, 5.41) is 12.9. The summed E-state index contributed by atoms with van der Waals surface area (Å²) in [6, 6.07) is 24.2. The normalized spacial score (nSPS) is 18.3. The Morgan fingerprint density at radius 2 is 1.51 bits per heavy atom. The molecule has 5 rings (SSSR count). The van der Waals surface area contributed by atoms with Gasteiger partial charge in [0.25, 0.3) is 0 Å². The van der Waals surface area contributed by atoms with Gasteiger partial charge < -0.3 is 24.8 Å². The second-order valence-corrected chi connectivity index (χ2v) is 9.20. The van der Waals surface area contributed by atoms with Crippen molar-refractivity contribution in [3.05, 3.63) is 95.6 Å². The molecule has 1 saturated heterocycles. The van der Waals surface area contributed by atoms with Gasteiger partial charge in [0, 0.05) is 19.0 Å². The van der Waals surface area contributed by atoms with Crippen LogP contribution in [0.2, 0.25) is 0 Å². The van der Waals surface area contributed by atoms with Crippen LogP contribution in [0.5, 0.6) is 0 Å². The largest absolute Gasteiger partial charge is 0.461 e. The highest BCUT2D eigenvalue weighted by molar-refractivity contribution is 5.89. The molecule has 2 atom stereocenters. The van der Waals surface area contributed by atoms with Crippen LogP contribution in [-0.2, 0) is 25.7 Å². The molecule has 8 heteroatoms. The Morgan fingerprint density at radius 1 is 0.892 bits per heavy atom. The first-order valence-corrected chi connectivity index (χ1v) is 12.3. The molecule has 2 aliphatic rings. The van der Waals surface area contributed by atoms with Gasteiger partial charge >= 0.3 is 12.1 Å². The van der Waals surface area contributed by atoms with E-state index in [0.29, 0.717) is 0 Å². The molecule has 3 aromatic carbocycles. The van der Waals surface area contributed by atoms with Crippen molar-refractivity contribution >= 4 is 18.0 Å². The van der Waals surface area contributed by atoms with E-state index in [1.54, 1.807) is 0 Å². The number of β-amino-alcohol motifs (C(OH)–C–C–N with tert-alkyl or cyclic N) is 1. The monoisotopic (exact) mass is 500 g/mol. The minimum Gasteiger partial charge on any atom is -0.461 e. The summed E-state index contributed by atoms with van der Waals surface area (Å²) in [6.45, 7) is 0.363. The third-order valence-corrected chi connectivity index (χ3v) is 6.82. The fraction of sp³-hybridized carbons (Fsp3) is 0.276. The molecule has 8 nitrogen and oxygen atoms in total. The maximum atomic E-state index is 12.8. The van der Waals surface area contributed by atoms with E-state index in [4.69, 9.17) is 9.47 Å². The molecule has 2 unspecified atom stereocenters. The lowest BCUT2D eigenvalue weighted by Crippen LogP contribution is -2.46. The van der Waals surface area contributed by atoms with Crippen molar-refractivity contribution < 1.29 is 29.0 Å². The van der Waals surface area contributed by atoms with Gasteiger partial charge in [-0.25, -0.2) is 4.79 Å². The van der Waals surface area contributed by atoms with Crippen molar-refractivity contribution in [2.24, 2.45) is 0 Å². The number of aliphatic hydroxyl groups is 1. The van der Waals surface area contributed by atoms with Gasteiger partial charge in [0.2, 0.25) is 5.91 Å². The predicted octanol–water partition coefficient (Wildman–Crippen LogP) is 3.23. The van der Waals surface area contributed by atoms with Crippen LogP contribution in [0.25, 0.3) is 11.1 Å². The Bertz CT molecular complexity index is 1250. The van der Waals surface area contributed by atoms with Crippen molar-refractivity contribution in [2.45, 2.75) is 31.1 Å². The number of rotatable bonds is 8. The number of fused-ring (bicyclic) bond motifs is 3. The number of esters is 1. The van der Waals surface area contributed by atoms with E-state index >= 15 is 0 Å². The predicted molar refractivity (Wildman–Crippen MR) is 135 cm³/mol. The number of carbonyl (C=O) groups excluding carboxylic acids is 3. The number of hydrogen-bond acceptors (Lipinski definition) is 6. The van der Waals surface area contributed by atoms with E-state index in [1.807, 2.05) is 78.9 Å². The summed E-state index contributed by atoms with van der Waals surface area (Å²) in [5.74, 6) is -1.02. The Hall–Kier alpha value is -4.17. The number of alkyl carbamates (subject to hydrolysis) is 1. The zero-order chi connectivity index (χ0) is 25.8. The highest BCUT2D eigenvalue weighted by Gasteiger charge is 2.41. The summed E-state index contributed by atoms with van der Waals surface area (Å²) >= 11 is 0. The molecule has 2 N–H and O–H groups in total. The van der Waals surface area contributed by atoms with Crippen molar-refractivity contribution in [2.75, 3.05) is 19.7 Å². The number of aliphatic hydroxyl groups excluding tert-OH is 1. The second kappa shape index (κ2) is 10.8. The van der Waals surface area contributed by atoms with E-state index < -0.39 is 30.1 Å². The van der Waals surface area contributed by atoms with E-state index in [2.05, 4.69) is 5.32 Å². The Balaban J connectivity index is 1.11. The molecule has 1 heterocycles. The third kappa shape index (κ3) is 5.34. The summed E-state index contributed by atoms with van der Waals surface area (Å²) in [4.78, 5) is 38.8. The molecular formula is C29H28N2O6. The molecule has 37 heavy (non-hydrogen) atoms. The lowest BCUT2D eigenvalue weighted by Gasteiger charge is -2.18. The summed E-state index contributed by atoms with van der Waals surface area (Å²) in [5.41, 5.74) is 5.27.